The molecule has 236 valence electrons. The maximum absolute atomic E-state index is 13.8. The summed E-state index contributed by atoms with van der Waals surface area (Å²) in [7, 11) is 0. The van der Waals surface area contributed by atoms with Crippen LogP contribution >= 0.6 is 31.9 Å². The summed E-state index contributed by atoms with van der Waals surface area (Å²) in [6.07, 6.45) is 1.56. The summed E-state index contributed by atoms with van der Waals surface area (Å²) >= 11 is 7.02. The molecule has 0 aliphatic rings. The molecule has 1 amide bonds. The summed E-state index contributed by atoms with van der Waals surface area (Å²) in [5.41, 5.74) is 3.92. The molecule has 0 saturated carbocycles. The summed E-state index contributed by atoms with van der Waals surface area (Å²) < 4.78 is 27.5. The second-order valence-electron chi connectivity index (χ2n) is 10.8. The topological polar surface area (TPSA) is 94.8 Å². The van der Waals surface area contributed by atoms with Gasteiger partial charge >= 0.3 is 0 Å². The Bertz CT molecular complexity index is 2000. The molecule has 1 heterocycles. The van der Waals surface area contributed by atoms with E-state index in [2.05, 4.69) is 56.1 Å². The molecular formula is C35H31Br2FN4O4. The molecule has 0 spiro atoms. The molecule has 11 heteroatoms. The number of hydrogen-bond acceptors (Lipinski definition) is 6. The summed E-state index contributed by atoms with van der Waals surface area (Å²) in [5.74, 6) is 0.877. The van der Waals surface area contributed by atoms with Crippen molar-refractivity contribution in [1.82, 2.24) is 9.66 Å². The SMILES string of the molecule is CCOc1cc(C)c(-c2nc3ccccc3c(=O)n2N=Cc2cc(Br)c(OCC(=O)Nc3cccc(F)c3)c(Br)c2)cc1C(C)C. The minimum atomic E-state index is -0.453. The van der Waals surface area contributed by atoms with E-state index in [9.17, 15) is 14.0 Å². The van der Waals surface area contributed by atoms with E-state index in [-0.39, 0.29) is 18.1 Å². The maximum Gasteiger partial charge on any atom is 0.282 e. The van der Waals surface area contributed by atoms with Gasteiger partial charge < -0.3 is 14.8 Å². The van der Waals surface area contributed by atoms with Crippen LogP contribution in [0.2, 0.25) is 0 Å². The molecule has 0 atom stereocenters. The van der Waals surface area contributed by atoms with Crippen LogP contribution in [0.3, 0.4) is 0 Å². The molecular weight excluding hydrogens is 719 g/mol. The van der Waals surface area contributed by atoms with Crippen molar-refractivity contribution in [3.63, 3.8) is 0 Å². The van der Waals surface area contributed by atoms with Gasteiger partial charge in [-0.2, -0.15) is 9.78 Å². The van der Waals surface area contributed by atoms with Crippen LogP contribution in [-0.2, 0) is 4.79 Å². The van der Waals surface area contributed by atoms with Crippen LogP contribution in [-0.4, -0.2) is 35.0 Å². The van der Waals surface area contributed by atoms with Gasteiger partial charge in [-0.1, -0.05) is 32.0 Å². The monoisotopic (exact) mass is 748 g/mol. The number of ether oxygens (including phenoxy) is 2. The van der Waals surface area contributed by atoms with Gasteiger partial charge in [-0.15, -0.1) is 0 Å². The van der Waals surface area contributed by atoms with Crippen LogP contribution in [0, 0.1) is 12.7 Å². The van der Waals surface area contributed by atoms with Crippen molar-refractivity contribution in [2.75, 3.05) is 18.5 Å². The van der Waals surface area contributed by atoms with Crippen molar-refractivity contribution in [2.45, 2.75) is 33.6 Å². The zero-order chi connectivity index (χ0) is 33.0. The van der Waals surface area contributed by atoms with Gasteiger partial charge in [0.15, 0.2) is 12.4 Å². The lowest BCUT2D eigenvalue weighted by Crippen LogP contribution is -2.21. The number of para-hydroxylation sites is 1. The first-order valence-corrected chi connectivity index (χ1v) is 16.2. The quantitative estimate of drug-likeness (QED) is 0.145. The van der Waals surface area contributed by atoms with E-state index < -0.39 is 11.7 Å². The Labute approximate surface area is 282 Å². The number of fused-ring (bicyclic) bond motifs is 1. The molecule has 8 nitrogen and oxygen atoms in total. The third-order valence-electron chi connectivity index (χ3n) is 7.07. The lowest BCUT2D eigenvalue weighted by Gasteiger charge is -2.18. The lowest BCUT2D eigenvalue weighted by molar-refractivity contribution is -0.118. The van der Waals surface area contributed by atoms with Gasteiger partial charge in [-0.05, 0) is 123 Å². The van der Waals surface area contributed by atoms with Crippen molar-refractivity contribution < 1.29 is 18.7 Å². The molecule has 0 unspecified atom stereocenters. The van der Waals surface area contributed by atoms with Gasteiger partial charge in [-0.25, -0.2) is 9.37 Å². The molecule has 0 radical (unpaired) electrons. The number of nitrogens with one attached hydrogen (secondary N) is 1. The molecule has 0 saturated heterocycles. The van der Waals surface area contributed by atoms with Crippen LogP contribution in [0.1, 0.15) is 43.4 Å². The van der Waals surface area contributed by atoms with E-state index in [4.69, 9.17) is 14.5 Å². The van der Waals surface area contributed by atoms with Crippen LogP contribution in [0.15, 0.2) is 91.6 Å². The van der Waals surface area contributed by atoms with Crippen LogP contribution in [0.5, 0.6) is 11.5 Å². The Balaban J connectivity index is 1.48. The molecule has 5 rings (SSSR count). The number of carbonyl (C=O) groups excluding carboxylic acids is 1. The Morgan fingerprint density at radius 2 is 1.78 bits per heavy atom. The molecule has 0 fully saturated rings. The number of hydrogen-bond donors (Lipinski definition) is 1. The van der Waals surface area contributed by atoms with Crippen molar-refractivity contribution in [2.24, 2.45) is 5.10 Å². The molecule has 1 N–H and O–H groups in total. The third kappa shape index (κ3) is 7.37. The number of rotatable bonds is 10. The molecule has 46 heavy (non-hydrogen) atoms. The number of benzene rings is 4. The summed E-state index contributed by atoms with van der Waals surface area (Å²) in [5, 5.41) is 7.67. The fourth-order valence-corrected chi connectivity index (χ4v) is 6.34. The lowest BCUT2D eigenvalue weighted by atomic mass is 9.96. The third-order valence-corrected chi connectivity index (χ3v) is 8.25. The Morgan fingerprint density at radius 3 is 2.48 bits per heavy atom. The number of halogens is 3. The van der Waals surface area contributed by atoms with Crippen LogP contribution in [0.25, 0.3) is 22.3 Å². The fourth-order valence-electron chi connectivity index (χ4n) is 4.89. The summed E-state index contributed by atoms with van der Waals surface area (Å²) in [4.78, 5) is 31.1. The zero-order valence-electron chi connectivity index (χ0n) is 25.6. The average Bonchev–Trinajstić information content (AvgIpc) is 3.00. The predicted octanol–water partition coefficient (Wildman–Crippen LogP) is 8.46. The first-order valence-electron chi connectivity index (χ1n) is 14.6. The van der Waals surface area contributed by atoms with Gasteiger partial charge in [0.1, 0.15) is 17.3 Å². The second-order valence-corrected chi connectivity index (χ2v) is 12.5. The molecule has 0 aliphatic carbocycles. The van der Waals surface area contributed by atoms with E-state index in [0.717, 1.165) is 22.4 Å². The minimum Gasteiger partial charge on any atom is -0.494 e. The number of nitrogens with zero attached hydrogens (tertiary/aromatic N) is 3. The first kappa shape index (κ1) is 33.0. The molecule has 0 bridgehead atoms. The smallest absolute Gasteiger partial charge is 0.282 e. The van der Waals surface area contributed by atoms with Gasteiger partial charge in [0, 0.05) is 11.3 Å². The van der Waals surface area contributed by atoms with Crippen molar-refractivity contribution in [1.29, 1.82) is 0 Å². The zero-order valence-corrected chi connectivity index (χ0v) is 28.8. The first-order chi connectivity index (χ1) is 22.0. The van der Waals surface area contributed by atoms with Gasteiger partial charge in [-0.3, -0.25) is 9.59 Å². The normalized spacial score (nSPS) is 11.4. The molecule has 1 aromatic heterocycles. The summed E-state index contributed by atoms with van der Waals surface area (Å²) in [6.45, 7) is 8.34. The van der Waals surface area contributed by atoms with Gasteiger partial charge in [0.2, 0.25) is 0 Å². The number of aromatic nitrogens is 2. The minimum absolute atomic E-state index is 0.174. The largest absolute Gasteiger partial charge is 0.494 e. The predicted molar refractivity (Wildman–Crippen MR) is 187 cm³/mol. The van der Waals surface area contributed by atoms with Gasteiger partial charge in [0.05, 0.1) is 32.7 Å². The van der Waals surface area contributed by atoms with E-state index in [0.29, 0.717) is 49.3 Å². The second kappa shape index (κ2) is 14.4. The molecule has 0 aliphatic heterocycles. The highest BCUT2D eigenvalue weighted by atomic mass is 79.9. The van der Waals surface area contributed by atoms with E-state index in [1.807, 2.05) is 38.1 Å². The highest BCUT2D eigenvalue weighted by Crippen LogP contribution is 2.36. The van der Waals surface area contributed by atoms with Crippen molar-refractivity contribution in [3.05, 3.63) is 115 Å². The molecule has 5 aromatic rings. The Kier molecular flexibility index (Phi) is 10.3. The molecule has 4 aromatic carbocycles. The highest BCUT2D eigenvalue weighted by Gasteiger charge is 2.19. The van der Waals surface area contributed by atoms with E-state index in [1.54, 1.807) is 36.5 Å². The van der Waals surface area contributed by atoms with Crippen molar-refractivity contribution in [3.8, 4) is 22.9 Å². The van der Waals surface area contributed by atoms with Gasteiger partial charge in [0.25, 0.3) is 11.5 Å². The average molecular weight is 750 g/mol. The van der Waals surface area contributed by atoms with E-state index >= 15 is 0 Å². The standard InChI is InChI=1S/C35H31Br2FN4O4/c1-5-45-31-13-21(4)27(17-26(31)20(2)3)34-41-30-12-7-6-11-25(30)35(44)42(34)39-18-22-14-28(36)33(29(37)15-22)46-19-32(43)40-24-10-8-9-23(38)16-24/h6-18,20H,5,19H2,1-4H3,(H,40,43). The highest BCUT2D eigenvalue weighted by molar-refractivity contribution is 9.11. The number of amides is 1. The van der Waals surface area contributed by atoms with Crippen molar-refractivity contribution >= 4 is 60.6 Å². The number of anilines is 1. The maximum atomic E-state index is 13.8. The fraction of sp³-hybridized carbons (Fsp3) is 0.200. The Morgan fingerprint density at radius 1 is 1.04 bits per heavy atom. The number of carbonyl (C=O) groups is 1. The summed E-state index contributed by atoms with van der Waals surface area (Å²) in [6, 6.07) is 20.3. The van der Waals surface area contributed by atoms with Crippen LogP contribution < -0.4 is 20.3 Å². The Hall–Kier alpha value is -4.35. The van der Waals surface area contributed by atoms with E-state index in [1.165, 1.54) is 22.9 Å². The van der Waals surface area contributed by atoms with Crippen LogP contribution in [0.4, 0.5) is 10.1 Å². The number of aryl methyl sites for hydroxylation is 1.